The van der Waals surface area contributed by atoms with Crippen LogP contribution in [0.1, 0.15) is 24.9 Å². The van der Waals surface area contributed by atoms with Crippen LogP contribution in [0.4, 0.5) is 0 Å². The largest absolute Gasteiger partial charge is 0.326 e. The fourth-order valence-corrected chi connectivity index (χ4v) is 2.10. The summed E-state index contributed by atoms with van der Waals surface area (Å²) in [5.41, 5.74) is 3.61. The molecule has 3 heteroatoms. The highest BCUT2D eigenvalue weighted by Crippen LogP contribution is 2.20. The van der Waals surface area contributed by atoms with Crippen molar-refractivity contribution in [1.29, 1.82) is 0 Å². The van der Waals surface area contributed by atoms with E-state index in [-0.39, 0.29) is 0 Å². The molecule has 1 heterocycles. The normalized spacial score (nSPS) is 13.2. The monoisotopic (exact) mass is 217 g/mol. The molecule has 86 valence electrons. The second-order valence-electron chi connectivity index (χ2n) is 4.26. The van der Waals surface area contributed by atoms with Crippen LogP contribution in [0.5, 0.6) is 0 Å². The van der Waals surface area contributed by atoms with E-state index in [9.17, 15) is 0 Å². The molecule has 2 rings (SSSR count). The van der Waals surface area contributed by atoms with Gasteiger partial charge in [0.15, 0.2) is 0 Å². The zero-order valence-electron chi connectivity index (χ0n) is 10.2. The summed E-state index contributed by atoms with van der Waals surface area (Å²) in [6, 6.07) is 6.89. The Morgan fingerprint density at radius 3 is 2.94 bits per heavy atom. The van der Waals surface area contributed by atoms with Gasteiger partial charge in [-0.05, 0) is 38.1 Å². The number of hydrogen-bond acceptors (Lipinski definition) is 2. The quantitative estimate of drug-likeness (QED) is 0.852. The fraction of sp³-hybridized carbons (Fsp3) is 0.462. The van der Waals surface area contributed by atoms with Crippen LogP contribution in [-0.2, 0) is 0 Å². The minimum absolute atomic E-state index is 0.483. The Bertz CT molecular complexity index is 473. The van der Waals surface area contributed by atoms with Crippen LogP contribution in [0.15, 0.2) is 24.5 Å². The predicted molar refractivity (Wildman–Crippen MR) is 67.7 cm³/mol. The standard InChI is InChI=1S/C13H19N3/c1-4-11(8-14-3)16-9-15-12-6-5-10(2)7-13(12)16/h5-7,9,11,14H,4,8H2,1-3H3. The number of imidazole rings is 1. The first kappa shape index (κ1) is 11.1. The molecule has 0 aliphatic heterocycles. The predicted octanol–water partition coefficient (Wildman–Crippen LogP) is 2.52. The smallest absolute Gasteiger partial charge is 0.0961 e. The molecule has 16 heavy (non-hydrogen) atoms. The van der Waals surface area contributed by atoms with Crippen molar-refractivity contribution in [1.82, 2.24) is 14.9 Å². The van der Waals surface area contributed by atoms with E-state index < -0.39 is 0 Å². The maximum atomic E-state index is 4.45. The van der Waals surface area contributed by atoms with Crippen LogP contribution in [0.25, 0.3) is 11.0 Å². The first-order valence-corrected chi connectivity index (χ1v) is 5.84. The van der Waals surface area contributed by atoms with E-state index in [4.69, 9.17) is 0 Å². The number of likely N-dealkylation sites (N-methyl/N-ethyl adjacent to an activating group) is 1. The number of fused-ring (bicyclic) bond motifs is 1. The summed E-state index contributed by atoms with van der Waals surface area (Å²) >= 11 is 0. The van der Waals surface area contributed by atoms with Gasteiger partial charge in [-0.1, -0.05) is 13.0 Å². The van der Waals surface area contributed by atoms with Gasteiger partial charge in [0.1, 0.15) is 0 Å². The van der Waals surface area contributed by atoms with Gasteiger partial charge >= 0.3 is 0 Å². The SMILES string of the molecule is CCC(CNC)n1cnc2ccc(C)cc21. The Hall–Kier alpha value is -1.35. The zero-order valence-corrected chi connectivity index (χ0v) is 10.2. The van der Waals surface area contributed by atoms with Crippen molar-refractivity contribution in [2.75, 3.05) is 13.6 Å². The van der Waals surface area contributed by atoms with Gasteiger partial charge in [0.2, 0.25) is 0 Å². The lowest BCUT2D eigenvalue weighted by Crippen LogP contribution is -2.21. The Morgan fingerprint density at radius 2 is 2.25 bits per heavy atom. The summed E-state index contributed by atoms with van der Waals surface area (Å²) in [7, 11) is 1.99. The lowest BCUT2D eigenvalue weighted by Gasteiger charge is -2.17. The molecule has 1 aromatic carbocycles. The molecule has 1 N–H and O–H groups in total. The van der Waals surface area contributed by atoms with Crippen molar-refractivity contribution in [2.24, 2.45) is 0 Å². The van der Waals surface area contributed by atoms with Crippen LogP contribution < -0.4 is 5.32 Å². The molecule has 0 aliphatic rings. The van der Waals surface area contributed by atoms with Crippen LogP contribution in [0, 0.1) is 6.92 Å². The van der Waals surface area contributed by atoms with Crippen LogP contribution >= 0.6 is 0 Å². The summed E-state index contributed by atoms with van der Waals surface area (Å²) in [6.45, 7) is 5.31. The minimum atomic E-state index is 0.483. The van der Waals surface area contributed by atoms with E-state index in [0.29, 0.717) is 6.04 Å². The number of nitrogens with zero attached hydrogens (tertiary/aromatic N) is 2. The molecular formula is C13H19N3. The lowest BCUT2D eigenvalue weighted by molar-refractivity contribution is 0.475. The van der Waals surface area contributed by atoms with Gasteiger partial charge in [0.25, 0.3) is 0 Å². The van der Waals surface area contributed by atoms with Gasteiger partial charge in [-0.3, -0.25) is 0 Å². The molecule has 0 saturated carbocycles. The average molecular weight is 217 g/mol. The van der Waals surface area contributed by atoms with E-state index in [0.717, 1.165) is 18.5 Å². The summed E-state index contributed by atoms with van der Waals surface area (Å²) < 4.78 is 2.28. The van der Waals surface area contributed by atoms with Crippen LogP contribution in [-0.4, -0.2) is 23.1 Å². The van der Waals surface area contributed by atoms with Crippen LogP contribution in [0.2, 0.25) is 0 Å². The number of benzene rings is 1. The molecule has 0 amide bonds. The Morgan fingerprint density at radius 1 is 1.44 bits per heavy atom. The summed E-state index contributed by atoms with van der Waals surface area (Å²) in [6.07, 6.45) is 3.07. The summed E-state index contributed by atoms with van der Waals surface area (Å²) in [5.74, 6) is 0. The number of aryl methyl sites for hydroxylation is 1. The third kappa shape index (κ3) is 1.95. The fourth-order valence-electron chi connectivity index (χ4n) is 2.10. The molecule has 1 aromatic heterocycles. The second kappa shape index (κ2) is 4.66. The molecule has 0 fully saturated rings. The molecule has 0 radical (unpaired) electrons. The molecule has 0 saturated heterocycles. The second-order valence-corrected chi connectivity index (χ2v) is 4.26. The highest BCUT2D eigenvalue weighted by molar-refractivity contribution is 5.76. The third-order valence-corrected chi connectivity index (χ3v) is 3.03. The summed E-state index contributed by atoms with van der Waals surface area (Å²) in [4.78, 5) is 4.45. The van der Waals surface area contributed by atoms with Gasteiger partial charge in [0.05, 0.1) is 17.4 Å². The number of nitrogens with one attached hydrogen (secondary N) is 1. The molecule has 0 spiro atoms. The van der Waals surface area contributed by atoms with Crippen molar-refractivity contribution in [3.8, 4) is 0 Å². The molecule has 0 aliphatic carbocycles. The molecule has 1 atom stereocenters. The van der Waals surface area contributed by atoms with Crippen LogP contribution in [0.3, 0.4) is 0 Å². The minimum Gasteiger partial charge on any atom is -0.326 e. The lowest BCUT2D eigenvalue weighted by atomic mass is 10.2. The molecular weight excluding hydrogens is 198 g/mol. The number of rotatable bonds is 4. The molecule has 3 nitrogen and oxygen atoms in total. The van der Waals surface area contributed by atoms with Gasteiger partial charge in [-0.2, -0.15) is 0 Å². The number of hydrogen-bond donors (Lipinski definition) is 1. The maximum Gasteiger partial charge on any atom is 0.0961 e. The first-order valence-electron chi connectivity index (χ1n) is 5.84. The van der Waals surface area contributed by atoms with Crippen molar-refractivity contribution < 1.29 is 0 Å². The topological polar surface area (TPSA) is 29.9 Å². The number of aromatic nitrogens is 2. The first-order chi connectivity index (χ1) is 7.76. The van der Waals surface area contributed by atoms with E-state index in [2.05, 4.69) is 46.9 Å². The molecule has 1 unspecified atom stereocenters. The van der Waals surface area contributed by atoms with Gasteiger partial charge in [0, 0.05) is 12.6 Å². The van der Waals surface area contributed by atoms with Crippen molar-refractivity contribution in [2.45, 2.75) is 26.3 Å². The maximum absolute atomic E-state index is 4.45. The van der Waals surface area contributed by atoms with Gasteiger partial charge in [-0.25, -0.2) is 4.98 Å². The Labute approximate surface area is 96.5 Å². The third-order valence-electron chi connectivity index (χ3n) is 3.03. The Balaban J connectivity index is 2.46. The highest BCUT2D eigenvalue weighted by atomic mass is 15.1. The molecule has 2 aromatic rings. The Kier molecular flexibility index (Phi) is 3.25. The van der Waals surface area contributed by atoms with Gasteiger partial charge < -0.3 is 9.88 Å². The van der Waals surface area contributed by atoms with Crippen molar-refractivity contribution >= 4 is 11.0 Å². The van der Waals surface area contributed by atoms with Crippen molar-refractivity contribution in [3.05, 3.63) is 30.1 Å². The van der Waals surface area contributed by atoms with E-state index >= 15 is 0 Å². The van der Waals surface area contributed by atoms with E-state index in [1.54, 1.807) is 0 Å². The van der Waals surface area contributed by atoms with Gasteiger partial charge in [-0.15, -0.1) is 0 Å². The van der Waals surface area contributed by atoms with Crippen molar-refractivity contribution in [3.63, 3.8) is 0 Å². The highest BCUT2D eigenvalue weighted by Gasteiger charge is 2.11. The molecule has 0 bridgehead atoms. The summed E-state index contributed by atoms with van der Waals surface area (Å²) in [5, 5.41) is 3.24. The zero-order chi connectivity index (χ0) is 11.5. The van der Waals surface area contributed by atoms with E-state index in [1.807, 2.05) is 13.4 Å². The average Bonchev–Trinajstić information content (AvgIpc) is 2.69. The van der Waals surface area contributed by atoms with E-state index in [1.165, 1.54) is 11.1 Å².